The van der Waals surface area contributed by atoms with Crippen LogP contribution in [-0.4, -0.2) is 12.5 Å². The smallest absolute Gasteiger partial charge is 0.251 e. The summed E-state index contributed by atoms with van der Waals surface area (Å²) in [6.07, 6.45) is 0. The summed E-state index contributed by atoms with van der Waals surface area (Å²) in [5.74, 6) is -0.00231. The lowest BCUT2D eigenvalue weighted by molar-refractivity contribution is 0.0956. The molecule has 2 heteroatoms. The van der Waals surface area contributed by atoms with Gasteiger partial charge in [0.15, 0.2) is 0 Å². The van der Waals surface area contributed by atoms with E-state index in [1.807, 2.05) is 38.1 Å². The second-order valence-corrected chi connectivity index (χ2v) is 2.73. The Labute approximate surface area is 72.6 Å². The molecular weight excluding hydrogens is 150 g/mol. The second kappa shape index (κ2) is 3.90. The summed E-state index contributed by atoms with van der Waals surface area (Å²) in [6, 6.07) is 7.54. The van der Waals surface area contributed by atoms with Crippen molar-refractivity contribution in [1.29, 1.82) is 0 Å². The Balaban J connectivity index is 2.75. The third kappa shape index (κ3) is 2.09. The molecule has 1 aromatic carbocycles. The number of carbonyl (C=O) groups is 1. The summed E-state index contributed by atoms with van der Waals surface area (Å²) >= 11 is 0. The number of amides is 1. The minimum absolute atomic E-state index is 0.00231. The number of rotatable bonds is 2. The molecule has 0 heterocycles. The fraction of sp³-hybridized carbons (Fsp3) is 0.300. The first-order valence-corrected chi connectivity index (χ1v) is 4.09. The van der Waals surface area contributed by atoms with Crippen molar-refractivity contribution in [3.8, 4) is 0 Å². The van der Waals surface area contributed by atoms with Crippen molar-refractivity contribution in [1.82, 2.24) is 5.32 Å². The highest BCUT2D eigenvalue weighted by molar-refractivity contribution is 5.94. The molecule has 0 saturated carbocycles. The van der Waals surface area contributed by atoms with Crippen LogP contribution >= 0.6 is 0 Å². The monoisotopic (exact) mass is 163 g/mol. The average molecular weight is 163 g/mol. The van der Waals surface area contributed by atoms with Gasteiger partial charge < -0.3 is 5.32 Å². The van der Waals surface area contributed by atoms with Gasteiger partial charge in [0.2, 0.25) is 0 Å². The number of aryl methyl sites for hydroxylation is 1. The molecule has 0 aromatic heterocycles. The van der Waals surface area contributed by atoms with E-state index < -0.39 is 0 Å². The lowest BCUT2D eigenvalue weighted by atomic mass is 10.1. The Morgan fingerprint density at radius 2 is 1.92 bits per heavy atom. The summed E-state index contributed by atoms with van der Waals surface area (Å²) in [4.78, 5) is 11.2. The molecule has 0 radical (unpaired) electrons. The zero-order valence-electron chi connectivity index (χ0n) is 7.42. The van der Waals surface area contributed by atoms with E-state index in [1.165, 1.54) is 5.56 Å². The lowest BCUT2D eigenvalue weighted by Gasteiger charge is -2.01. The molecule has 1 aromatic rings. The van der Waals surface area contributed by atoms with Gasteiger partial charge >= 0.3 is 0 Å². The summed E-state index contributed by atoms with van der Waals surface area (Å²) < 4.78 is 0. The lowest BCUT2D eigenvalue weighted by Crippen LogP contribution is -2.22. The maximum atomic E-state index is 11.2. The van der Waals surface area contributed by atoms with Crippen molar-refractivity contribution in [2.75, 3.05) is 6.54 Å². The molecule has 2 nitrogen and oxygen atoms in total. The van der Waals surface area contributed by atoms with Gasteiger partial charge in [-0.1, -0.05) is 17.7 Å². The molecule has 0 aliphatic rings. The normalized spacial score (nSPS) is 9.50. The maximum Gasteiger partial charge on any atom is 0.251 e. The van der Waals surface area contributed by atoms with Gasteiger partial charge in [-0.2, -0.15) is 0 Å². The summed E-state index contributed by atoms with van der Waals surface area (Å²) in [5.41, 5.74) is 1.89. The molecule has 1 N–H and O–H groups in total. The molecule has 1 rings (SSSR count). The van der Waals surface area contributed by atoms with Crippen LogP contribution in [0.3, 0.4) is 0 Å². The highest BCUT2D eigenvalue weighted by atomic mass is 16.1. The molecular formula is C10H13NO. The number of nitrogens with one attached hydrogen (secondary N) is 1. The van der Waals surface area contributed by atoms with Gasteiger partial charge in [0, 0.05) is 12.1 Å². The minimum atomic E-state index is -0.00231. The van der Waals surface area contributed by atoms with E-state index in [0.29, 0.717) is 6.54 Å². The fourth-order valence-corrected chi connectivity index (χ4v) is 0.968. The highest BCUT2D eigenvalue weighted by Crippen LogP contribution is 2.02. The summed E-state index contributed by atoms with van der Waals surface area (Å²) in [7, 11) is 0. The standard InChI is InChI=1S/C10H13NO/c1-3-11-10(12)9-6-4-8(2)5-7-9/h4-7H,3H2,1-2H3,(H,11,12). The Morgan fingerprint density at radius 3 is 2.42 bits per heavy atom. The van der Waals surface area contributed by atoms with Gasteiger partial charge in [-0.05, 0) is 26.0 Å². The van der Waals surface area contributed by atoms with Crippen LogP contribution < -0.4 is 5.32 Å². The van der Waals surface area contributed by atoms with Gasteiger partial charge in [0.05, 0.1) is 0 Å². The van der Waals surface area contributed by atoms with Crippen molar-refractivity contribution < 1.29 is 4.79 Å². The molecule has 0 saturated heterocycles. The molecule has 64 valence electrons. The Hall–Kier alpha value is -1.31. The van der Waals surface area contributed by atoms with E-state index in [-0.39, 0.29) is 5.91 Å². The fourth-order valence-electron chi connectivity index (χ4n) is 0.968. The topological polar surface area (TPSA) is 29.1 Å². The Morgan fingerprint density at radius 1 is 1.33 bits per heavy atom. The van der Waals surface area contributed by atoms with E-state index >= 15 is 0 Å². The zero-order valence-corrected chi connectivity index (χ0v) is 7.42. The summed E-state index contributed by atoms with van der Waals surface area (Å²) in [5, 5.41) is 2.74. The quantitative estimate of drug-likeness (QED) is 0.707. The molecule has 0 atom stereocenters. The van der Waals surface area contributed by atoms with Crippen LogP contribution in [0.4, 0.5) is 0 Å². The second-order valence-electron chi connectivity index (χ2n) is 2.73. The number of hydrogen-bond acceptors (Lipinski definition) is 1. The maximum absolute atomic E-state index is 11.2. The largest absolute Gasteiger partial charge is 0.352 e. The molecule has 0 spiro atoms. The number of carbonyl (C=O) groups excluding carboxylic acids is 1. The van der Waals surface area contributed by atoms with Gasteiger partial charge in [0.25, 0.3) is 5.91 Å². The third-order valence-electron chi connectivity index (χ3n) is 1.65. The third-order valence-corrected chi connectivity index (χ3v) is 1.65. The summed E-state index contributed by atoms with van der Waals surface area (Å²) in [6.45, 7) is 4.58. The Bertz CT molecular complexity index is 264. The molecule has 0 aliphatic heterocycles. The first-order chi connectivity index (χ1) is 5.74. The van der Waals surface area contributed by atoms with Crippen molar-refractivity contribution in [3.05, 3.63) is 35.4 Å². The van der Waals surface area contributed by atoms with E-state index in [2.05, 4.69) is 5.32 Å². The Kier molecular flexibility index (Phi) is 2.86. The van der Waals surface area contributed by atoms with Crippen LogP contribution in [0, 0.1) is 6.92 Å². The van der Waals surface area contributed by atoms with Crippen molar-refractivity contribution in [2.24, 2.45) is 0 Å². The van der Waals surface area contributed by atoms with Crippen molar-refractivity contribution in [3.63, 3.8) is 0 Å². The minimum Gasteiger partial charge on any atom is -0.352 e. The number of hydrogen-bond donors (Lipinski definition) is 1. The molecule has 0 aliphatic carbocycles. The van der Waals surface area contributed by atoms with Crippen LogP contribution in [0.2, 0.25) is 0 Å². The van der Waals surface area contributed by atoms with E-state index in [9.17, 15) is 4.79 Å². The number of benzene rings is 1. The first-order valence-electron chi connectivity index (χ1n) is 4.09. The van der Waals surface area contributed by atoms with Crippen LogP contribution in [0.1, 0.15) is 22.8 Å². The first kappa shape index (κ1) is 8.78. The van der Waals surface area contributed by atoms with Crippen molar-refractivity contribution in [2.45, 2.75) is 13.8 Å². The average Bonchev–Trinajstić information content (AvgIpc) is 2.06. The van der Waals surface area contributed by atoms with Crippen molar-refractivity contribution >= 4 is 5.91 Å². The van der Waals surface area contributed by atoms with Crippen LogP contribution in [-0.2, 0) is 0 Å². The van der Waals surface area contributed by atoms with Gasteiger partial charge in [-0.15, -0.1) is 0 Å². The van der Waals surface area contributed by atoms with Crippen LogP contribution in [0.25, 0.3) is 0 Å². The van der Waals surface area contributed by atoms with Crippen LogP contribution in [0.15, 0.2) is 24.3 Å². The molecule has 0 fully saturated rings. The zero-order chi connectivity index (χ0) is 8.97. The molecule has 12 heavy (non-hydrogen) atoms. The van der Waals surface area contributed by atoms with E-state index in [4.69, 9.17) is 0 Å². The van der Waals surface area contributed by atoms with E-state index in [0.717, 1.165) is 5.56 Å². The van der Waals surface area contributed by atoms with E-state index in [1.54, 1.807) is 0 Å². The van der Waals surface area contributed by atoms with Crippen LogP contribution in [0.5, 0.6) is 0 Å². The predicted molar refractivity (Wildman–Crippen MR) is 49.2 cm³/mol. The highest BCUT2D eigenvalue weighted by Gasteiger charge is 2.01. The SMILES string of the molecule is CCNC(=O)c1ccc(C)cc1. The molecule has 1 amide bonds. The molecule has 0 bridgehead atoms. The molecule has 0 unspecified atom stereocenters. The predicted octanol–water partition coefficient (Wildman–Crippen LogP) is 1.74. The van der Waals surface area contributed by atoms with Gasteiger partial charge in [-0.25, -0.2) is 0 Å². The van der Waals surface area contributed by atoms with Gasteiger partial charge in [0.1, 0.15) is 0 Å². The van der Waals surface area contributed by atoms with Gasteiger partial charge in [-0.3, -0.25) is 4.79 Å².